The van der Waals surface area contributed by atoms with Gasteiger partial charge in [0.25, 0.3) is 5.91 Å². The van der Waals surface area contributed by atoms with Gasteiger partial charge in [-0.25, -0.2) is 4.79 Å². The summed E-state index contributed by atoms with van der Waals surface area (Å²) in [4.78, 5) is 26.7. The number of amides is 1. The third-order valence-electron chi connectivity index (χ3n) is 3.93. The Balaban J connectivity index is 2.20. The maximum Gasteiger partial charge on any atom is 0.331 e. The summed E-state index contributed by atoms with van der Waals surface area (Å²) in [7, 11) is 3.81. The summed E-state index contributed by atoms with van der Waals surface area (Å²) in [5.74, 6) is -1.13. The Labute approximate surface area is 153 Å². The molecule has 6 nitrogen and oxygen atoms in total. The Morgan fingerprint density at radius 2 is 1.69 bits per heavy atom. The molecular formula is C20H24N2O4. The molecular weight excluding hydrogens is 332 g/mol. The second-order valence-corrected chi connectivity index (χ2v) is 6.00. The lowest BCUT2D eigenvalue weighted by Gasteiger charge is -2.23. The van der Waals surface area contributed by atoms with Crippen LogP contribution in [0.5, 0.6) is 0 Å². The summed E-state index contributed by atoms with van der Waals surface area (Å²) in [5, 5.41) is 13.2. The van der Waals surface area contributed by atoms with Crippen LogP contribution in [-0.2, 0) is 9.53 Å². The molecule has 138 valence electrons. The summed E-state index contributed by atoms with van der Waals surface area (Å²) in [6.07, 6.45) is -1.21. The highest BCUT2D eigenvalue weighted by Crippen LogP contribution is 2.19. The standard InChI is InChI=1S/C20H24N2O4/c1-4-26-20(25)17(18(23)14-8-6-5-7-9-14)21-19(24)15-10-12-16(13-11-15)22(2)3/h5-13,17-18,23H,4H2,1-3H3,(H,21,24). The lowest BCUT2D eigenvalue weighted by Crippen LogP contribution is -2.46. The molecule has 0 aliphatic rings. The zero-order chi connectivity index (χ0) is 19.1. The van der Waals surface area contributed by atoms with E-state index in [2.05, 4.69) is 5.32 Å². The molecule has 6 heteroatoms. The van der Waals surface area contributed by atoms with Gasteiger partial charge >= 0.3 is 5.97 Å². The number of rotatable bonds is 7. The van der Waals surface area contributed by atoms with Gasteiger partial charge in [0.05, 0.1) is 6.61 Å². The number of aliphatic hydroxyl groups is 1. The molecule has 2 aromatic rings. The number of anilines is 1. The van der Waals surface area contributed by atoms with E-state index in [4.69, 9.17) is 4.74 Å². The Bertz CT molecular complexity index is 729. The fourth-order valence-electron chi connectivity index (χ4n) is 2.48. The minimum Gasteiger partial charge on any atom is -0.464 e. The summed E-state index contributed by atoms with van der Waals surface area (Å²) in [6, 6.07) is 14.4. The number of ether oxygens (including phenoxy) is 1. The van der Waals surface area contributed by atoms with Gasteiger partial charge in [0, 0.05) is 25.3 Å². The van der Waals surface area contributed by atoms with Gasteiger partial charge in [-0.1, -0.05) is 30.3 Å². The van der Waals surface area contributed by atoms with Gasteiger partial charge in [0.15, 0.2) is 6.04 Å². The van der Waals surface area contributed by atoms with E-state index in [1.54, 1.807) is 49.4 Å². The number of carbonyl (C=O) groups is 2. The molecule has 0 radical (unpaired) electrons. The summed E-state index contributed by atoms with van der Waals surface area (Å²) >= 11 is 0. The highest BCUT2D eigenvalue weighted by molar-refractivity contribution is 5.97. The molecule has 2 N–H and O–H groups in total. The molecule has 0 fully saturated rings. The molecule has 2 unspecified atom stereocenters. The highest BCUT2D eigenvalue weighted by atomic mass is 16.5. The largest absolute Gasteiger partial charge is 0.464 e. The molecule has 2 atom stereocenters. The minimum absolute atomic E-state index is 0.157. The van der Waals surface area contributed by atoms with Gasteiger partial charge in [-0.05, 0) is 36.8 Å². The van der Waals surface area contributed by atoms with E-state index in [9.17, 15) is 14.7 Å². The first-order valence-corrected chi connectivity index (χ1v) is 8.42. The summed E-state index contributed by atoms with van der Waals surface area (Å²) in [5.41, 5.74) is 1.87. The normalized spacial score (nSPS) is 12.8. The van der Waals surface area contributed by atoms with Crippen molar-refractivity contribution in [3.8, 4) is 0 Å². The van der Waals surface area contributed by atoms with E-state index in [-0.39, 0.29) is 6.61 Å². The molecule has 0 bridgehead atoms. The number of aliphatic hydroxyl groups excluding tert-OH is 1. The van der Waals surface area contributed by atoms with Gasteiger partial charge in [-0.2, -0.15) is 0 Å². The highest BCUT2D eigenvalue weighted by Gasteiger charge is 2.31. The first kappa shape index (κ1) is 19.5. The Morgan fingerprint density at radius 1 is 1.08 bits per heavy atom. The monoisotopic (exact) mass is 356 g/mol. The molecule has 26 heavy (non-hydrogen) atoms. The molecule has 0 aliphatic heterocycles. The van der Waals surface area contributed by atoms with E-state index in [1.807, 2.05) is 31.1 Å². The van der Waals surface area contributed by atoms with E-state index >= 15 is 0 Å². The van der Waals surface area contributed by atoms with Crippen LogP contribution in [0, 0.1) is 0 Å². The summed E-state index contributed by atoms with van der Waals surface area (Å²) in [6.45, 7) is 1.83. The van der Waals surface area contributed by atoms with Crippen LogP contribution in [0.3, 0.4) is 0 Å². The van der Waals surface area contributed by atoms with Crippen molar-refractivity contribution in [2.45, 2.75) is 19.1 Å². The fourth-order valence-corrected chi connectivity index (χ4v) is 2.48. The van der Waals surface area contributed by atoms with Crippen LogP contribution < -0.4 is 10.2 Å². The number of hydrogen-bond acceptors (Lipinski definition) is 5. The molecule has 2 rings (SSSR count). The predicted octanol–water partition coefficient (Wildman–Crippen LogP) is 2.15. The molecule has 0 saturated heterocycles. The average Bonchev–Trinajstić information content (AvgIpc) is 2.66. The first-order valence-electron chi connectivity index (χ1n) is 8.42. The zero-order valence-corrected chi connectivity index (χ0v) is 15.2. The minimum atomic E-state index is -1.21. The van der Waals surface area contributed by atoms with Crippen molar-refractivity contribution in [2.75, 3.05) is 25.6 Å². The van der Waals surface area contributed by atoms with Gasteiger partial charge in [0.1, 0.15) is 6.10 Å². The lowest BCUT2D eigenvalue weighted by atomic mass is 10.0. The fraction of sp³-hybridized carbons (Fsp3) is 0.300. The number of nitrogens with one attached hydrogen (secondary N) is 1. The molecule has 2 aromatic carbocycles. The van der Waals surface area contributed by atoms with E-state index in [0.717, 1.165) is 5.69 Å². The quantitative estimate of drug-likeness (QED) is 0.743. The average molecular weight is 356 g/mol. The third-order valence-corrected chi connectivity index (χ3v) is 3.93. The number of esters is 1. The van der Waals surface area contributed by atoms with Crippen LogP contribution in [-0.4, -0.2) is 43.7 Å². The zero-order valence-electron chi connectivity index (χ0n) is 15.2. The van der Waals surface area contributed by atoms with Crippen molar-refractivity contribution in [3.63, 3.8) is 0 Å². The van der Waals surface area contributed by atoms with Gasteiger partial charge in [-0.15, -0.1) is 0 Å². The van der Waals surface area contributed by atoms with Crippen molar-refractivity contribution in [1.82, 2.24) is 5.32 Å². The maximum atomic E-state index is 12.5. The maximum absolute atomic E-state index is 12.5. The van der Waals surface area contributed by atoms with Crippen LogP contribution in [0.25, 0.3) is 0 Å². The van der Waals surface area contributed by atoms with Crippen molar-refractivity contribution in [2.24, 2.45) is 0 Å². The molecule has 0 heterocycles. The van der Waals surface area contributed by atoms with Crippen LogP contribution in [0.4, 0.5) is 5.69 Å². The van der Waals surface area contributed by atoms with Crippen LogP contribution in [0.2, 0.25) is 0 Å². The Morgan fingerprint density at radius 3 is 2.23 bits per heavy atom. The van der Waals surface area contributed by atoms with Crippen molar-refractivity contribution in [1.29, 1.82) is 0 Å². The van der Waals surface area contributed by atoms with Gasteiger partial charge in [0.2, 0.25) is 0 Å². The van der Waals surface area contributed by atoms with Crippen LogP contribution in [0.15, 0.2) is 54.6 Å². The number of carbonyl (C=O) groups excluding carboxylic acids is 2. The topological polar surface area (TPSA) is 78.9 Å². The summed E-state index contributed by atoms with van der Waals surface area (Å²) < 4.78 is 5.01. The Hall–Kier alpha value is -2.86. The van der Waals surface area contributed by atoms with Gasteiger partial charge in [-0.3, -0.25) is 4.79 Å². The van der Waals surface area contributed by atoms with Crippen molar-refractivity contribution >= 4 is 17.6 Å². The van der Waals surface area contributed by atoms with E-state index in [0.29, 0.717) is 11.1 Å². The first-order chi connectivity index (χ1) is 12.4. The molecule has 0 aliphatic carbocycles. The SMILES string of the molecule is CCOC(=O)C(NC(=O)c1ccc(N(C)C)cc1)C(O)c1ccccc1. The molecule has 0 aromatic heterocycles. The second-order valence-electron chi connectivity index (χ2n) is 6.00. The molecule has 1 amide bonds. The van der Waals surface area contributed by atoms with Gasteiger partial charge < -0.3 is 20.1 Å². The number of hydrogen-bond donors (Lipinski definition) is 2. The number of nitrogens with zero attached hydrogens (tertiary/aromatic N) is 1. The van der Waals surface area contributed by atoms with Crippen molar-refractivity contribution in [3.05, 3.63) is 65.7 Å². The van der Waals surface area contributed by atoms with E-state index in [1.165, 1.54) is 0 Å². The molecule has 0 spiro atoms. The third kappa shape index (κ3) is 4.83. The van der Waals surface area contributed by atoms with Crippen LogP contribution in [0.1, 0.15) is 28.9 Å². The van der Waals surface area contributed by atoms with E-state index < -0.39 is 24.0 Å². The molecule has 0 saturated carbocycles. The lowest BCUT2D eigenvalue weighted by molar-refractivity contribution is -0.148. The Kier molecular flexibility index (Phi) is 6.74. The van der Waals surface area contributed by atoms with Crippen LogP contribution >= 0.6 is 0 Å². The smallest absolute Gasteiger partial charge is 0.331 e. The number of benzene rings is 2. The predicted molar refractivity (Wildman–Crippen MR) is 100 cm³/mol. The van der Waals surface area contributed by atoms with Crippen molar-refractivity contribution < 1.29 is 19.4 Å². The second kappa shape index (κ2) is 9.01.